The van der Waals surface area contributed by atoms with E-state index in [9.17, 15) is 14.4 Å². The van der Waals surface area contributed by atoms with Crippen LogP contribution in [0.25, 0.3) is 17.4 Å². The zero-order chi connectivity index (χ0) is 20.3. The second-order valence-electron chi connectivity index (χ2n) is 5.34. The SMILES string of the molecule is O=C(CN1C(=O)/C(=C/c2ccc(-c3ccccc3Cl)o2)SC1=S)NSC(=O)O. The molecule has 0 unspecified atom stereocenters. The topological polar surface area (TPSA) is 99.9 Å². The van der Waals surface area contributed by atoms with Gasteiger partial charge in [0, 0.05) is 11.6 Å². The van der Waals surface area contributed by atoms with Crippen LogP contribution in [0.5, 0.6) is 0 Å². The summed E-state index contributed by atoms with van der Waals surface area (Å²) in [6.07, 6.45) is 1.53. The Kier molecular flexibility index (Phi) is 6.45. The van der Waals surface area contributed by atoms with Crippen molar-refractivity contribution >= 4 is 75.0 Å². The van der Waals surface area contributed by atoms with Gasteiger partial charge in [-0.15, -0.1) is 0 Å². The number of thiocarbonyl (C=S) groups is 1. The van der Waals surface area contributed by atoms with E-state index < -0.39 is 17.1 Å². The van der Waals surface area contributed by atoms with Crippen molar-refractivity contribution in [3.63, 3.8) is 0 Å². The average Bonchev–Trinajstić information content (AvgIpc) is 3.21. The molecule has 28 heavy (non-hydrogen) atoms. The van der Waals surface area contributed by atoms with Gasteiger partial charge in [-0.05, 0) is 24.3 Å². The lowest BCUT2D eigenvalue weighted by Gasteiger charge is -2.12. The van der Waals surface area contributed by atoms with E-state index in [-0.39, 0.29) is 22.8 Å². The molecule has 1 aliphatic heterocycles. The van der Waals surface area contributed by atoms with Crippen LogP contribution in [-0.2, 0) is 9.59 Å². The van der Waals surface area contributed by atoms with Crippen molar-refractivity contribution in [3.05, 3.63) is 52.1 Å². The Morgan fingerprint density at radius 1 is 1.32 bits per heavy atom. The Bertz CT molecular complexity index is 1000. The molecule has 1 aromatic carbocycles. The normalized spacial score (nSPS) is 15.3. The van der Waals surface area contributed by atoms with E-state index in [4.69, 9.17) is 33.3 Å². The standard InChI is InChI=1S/C17H11ClN2O5S3/c18-11-4-2-1-3-10(11)12-6-5-9(25-12)7-13-15(22)20(16(26)27-13)8-14(21)19-28-17(23)24/h1-7H,8H2,(H,19,21)(H,23,24)/b13-7-. The molecule has 7 nitrogen and oxygen atoms in total. The van der Waals surface area contributed by atoms with Crippen molar-refractivity contribution in [1.82, 2.24) is 9.62 Å². The molecule has 2 heterocycles. The van der Waals surface area contributed by atoms with E-state index in [1.807, 2.05) is 18.2 Å². The Hall–Kier alpha value is -2.27. The Morgan fingerprint density at radius 2 is 2.07 bits per heavy atom. The number of nitrogens with one attached hydrogen (secondary N) is 1. The molecule has 11 heteroatoms. The minimum atomic E-state index is -1.26. The van der Waals surface area contributed by atoms with Gasteiger partial charge in [-0.1, -0.05) is 47.7 Å². The first-order valence-corrected chi connectivity index (χ1v) is 10.1. The number of nitrogens with zero attached hydrogens (tertiary/aromatic N) is 1. The predicted octanol–water partition coefficient (Wildman–Crippen LogP) is 4.24. The zero-order valence-corrected chi connectivity index (χ0v) is 17.1. The third-order valence-corrected chi connectivity index (χ3v) is 5.68. The van der Waals surface area contributed by atoms with E-state index >= 15 is 0 Å². The molecule has 1 saturated heterocycles. The van der Waals surface area contributed by atoms with Crippen LogP contribution in [0, 0.1) is 0 Å². The number of rotatable bonds is 4. The summed E-state index contributed by atoms with van der Waals surface area (Å²) in [6.45, 7) is -0.370. The predicted molar refractivity (Wildman–Crippen MR) is 113 cm³/mol. The molecule has 0 aliphatic carbocycles. The smallest absolute Gasteiger partial charge is 0.385 e. The number of hydrogen-bond donors (Lipinski definition) is 2. The summed E-state index contributed by atoms with van der Waals surface area (Å²) in [5.41, 5.74) is 0.726. The second-order valence-corrected chi connectivity index (χ2v) is 8.18. The number of carbonyl (C=O) groups excluding carboxylic acids is 2. The molecule has 0 radical (unpaired) electrons. The number of hydrogen-bond acceptors (Lipinski definition) is 7. The van der Waals surface area contributed by atoms with Crippen molar-refractivity contribution in [2.45, 2.75) is 0 Å². The van der Waals surface area contributed by atoms with Crippen molar-refractivity contribution in [2.75, 3.05) is 6.54 Å². The van der Waals surface area contributed by atoms with Gasteiger partial charge in [0.1, 0.15) is 22.4 Å². The van der Waals surface area contributed by atoms with Crippen molar-refractivity contribution < 1.29 is 23.9 Å². The minimum Gasteiger partial charge on any atom is -0.472 e. The Labute approximate surface area is 178 Å². The summed E-state index contributed by atoms with van der Waals surface area (Å²) in [4.78, 5) is 36.1. The van der Waals surface area contributed by atoms with E-state index in [0.29, 0.717) is 21.4 Å². The highest BCUT2D eigenvalue weighted by Gasteiger charge is 2.33. The van der Waals surface area contributed by atoms with Gasteiger partial charge in [0.2, 0.25) is 5.91 Å². The molecular weight excluding hydrogens is 444 g/mol. The molecule has 2 amide bonds. The highest BCUT2D eigenvalue weighted by Crippen LogP contribution is 2.34. The molecule has 3 rings (SSSR count). The number of thioether (sulfide) groups is 1. The van der Waals surface area contributed by atoms with Gasteiger partial charge < -0.3 is 9.52 Å². The second kappa shape index (κ2) is 8.82. The summed E-state index contributed by atoms with van der Waals surface area (Å²) < 4.78 is 8.05. The van der Waals surface area contributed by atoms with Gasteiger partial charge in [-0.25, -0.2) is 4.79 Å². The maximum absolute atomic E-state index is 12.5. The summed E-state index contributed by atoms with van der Waals surface area (Å²) >= 11 is 12.5. The Morgan fingerprint density at radius 3 is 2.79 bits per heavy atom. The molecule has 1 fully saturated rings. The molecule has 2 N–H and O–H groups in total. The van der Waals surface area contributed by atoms with Crippen LogP contribution >= 0.6 is 47.5 Å². The van der Waals surface area contributed by atoms with Crippen LogP contribution in [0.2, 0.25) is 5.02 Å². The van der Waals surface area contributed by atoms with E-state index in [2.05, 4.69) is 4.72 Å². The fraction of sp³-hybridized carbons (Fsp3) is 0.0588. The van der Waals surface area contributed by atoms with Crippen LogP contribution in [-0.4, -0.2) is 38.0 Å². The monoisotopic (exact) mass is 454 g/mol. The lowest BCUT2D eigenvalue weighted by molar-refractivity contribution is -0.127. The summed E-state index contributed by atoms with van der Waals surface area (Å²) in [5.74, 6) is -0.121. The third-order valence-electron chi connectivity index (χ3n) is 3.47. The molecule has 0 saturated carbocycles. The quantitative estimate of drug-likeness (QED) is 0.402. The van der Waals surface area contributed by atoms with Crippen molar-refractivity contribution in [1.29, 1.82) is 0 Å². The first-order chi connectivity index (χ1) is 13.3. The molecule has 2 aromatic rings. The number of amides is 2. The number of carboxylic acid groups (broad SMARTS) is 1. The van der Waals surface area contributed by atoms with Gasteiger partial charge in [0.05, 0.1) is 21.9 Å². The van der Waals surface area contributed by atoms with Crippen LogP contribution < -0.4 is 4.72 Å². The molecule has 144 valence electrons. The third kappa shape index (κ3) is 4.76. The van der Waals surface area contributed by atoms with Crippen molar-refractivity contribution in [2.24, 2.45) is 0 Å². The fourth-order valence-corrected chi connectivity index (χ4v) is 4.01. The number of furan rings is 1. The van der Waals surface area contributed by atoms with Gasteiger partial charge in [-0.2, -0.15) is 0 Å². The Balaban J connectivity index is 1.73. The molecule has 0 bridgehead atoms. The van der Waals surface area contributed by atoms with Gasteiger partial charge in [-0.3, -0.25) is 19.2 Å². The van der Waals surface area contributed by atoms with E-state index in [1.165, 1.54) is 6.08 Å². The van der Waals surface area contributed by atoms with Crippen LogP contribution in [0.4, 0.5) is 4.79 Å². The molecule has 0 spiro atoms. The van der Waals surface area contributed by atoms with Gasteiger partial charge in [0.15, 0.2) is 0 Å². The van der Waals surface area contributed by atoms with Crippen molar-refractivity contribution in [3.8, 4) is 11.3 Å². The summed E-state index contributed by atoms with van der Waals surface area (Å²) in [7, 11) is 0. The maximum atomic E-state index is 12.5. The lowest BCUT2D eigenvalue weighted by atomic mass is 10.2. The molecule has 1 aromatic heterocycles. The average molecular weight is 455 g/mol. The number of halogens is 1. The van der Waals surface area contributed by atoms with E-state index in [0.717, 1.165) is 22.2 Å². The van der Waals surface area contributed by atoms with Gasteiger partial charge in [0.25, 0.3) is 5.91 Å². The number of carbonyl (C=O) groups is 3. The summed E-state index contributed by atoms with van der Waals surface area (Å²) in [5, 5.41) is 7.83. The first-order valence-electron chi connectivity index (χ1n) is 7.64. The summed E-state index contributed by atoms with van der Waals surface area (Å²) in [6, 6.07) is 10.6. The molecular formula is C17H11ClN2O5S3. The number of benzene rings is 1. The molecule has 1 aliphatic rings. The maximum Gasteiger partial charge on any atom is 0.385 e. The van der Waals surface area contributed by atoms with Crippen LogP contribution in [0.1, 0.15) is 5.76 Å². The largest absolute Gasteiger partial charge is 0.472 e. The van der Waals surface area contributed by atoms with Crippen LogP contribution in [0.15, 0.2) is 45.7 Å². The van der Waals surface area contributed by atoms with Crippen LogP contribution in [0.3, 0.4) is 0 Å². The van der Waals surface area contributed by atoms with E-state index in [1.54, 1.807) is 18.2 Å². The molecule has 0 atom stereocenters. The highest BCUT2D eigenvalue weighted by atomic mass is 35.5. The fourth-order valence-electron chi connectivity index (χ4n) is 2.28. The first kappa shape index (κ1) is 20.5. The van der Waals surface area contributed by atoms with Gasteiger partial charge >= 0.3 is 5.30 Å². The highest BCUT2D eigenvalue weighted by molar-refractivity contribution is 8.26. The minimum absolute atomic E-state index is 0.199. The lowest BCUT2D eigenvalue weighted by Crippen LogP contribution is -2.37. The zero-order valence-electron chi connectivity index (χ0n) is 13.9.